The van der Waals surface area contributed by atoms with Gasteiger partial charge < -0.3 is 15.3 Å². The van der Waals surface area contributed by atoms with E-state index in [1.54, 1.807) is 0 Å². The molecule has 1 amide bonds. The predicted molar refractivity (Wildman–Crippen MR) is 63.3 cm³/mol. The molecule has 1 aromatic rings. The topological polar surface area (TPSA) is 86.1 Å². The molecule has 3 N–H and O–H groups in total. The van der Waals surface area contributed by atoms with E-state index in [0.29, 0.717) is 6.07 Å². The highest BCUT2D eigenvalue weighted by atomic mass is 19.4. The Kier molecular flexibility index (Phi) is 5.32. The Morgan fingerprint density at radius 1 is 1.21 bits per heavy atom. The molecule has 1 aromatic carbocycles. The third kappa shape index (κ3) is 3.52. The van der Waals surface area contributed by atoms with Gasteiger partial charge in [-0.3, -0.25) is 4.79 Å². The van der Waals surface area contributed by atoms with Gasteiger partial charge in [0.25, 0.3) is 0 Å². The van der Waals surface area contributed by atoms with Crippen LogP contribution in [0.5, 0.6) is 5.75 Å². The number of anilines is 1. The normalized spacial score (nSPS) is 14.2. The summed E-state index contributed by atoms with van der Waals surface area (Å²) < 4.78 is 92.6. The van der Waals surface area contributed by atoms with E-state index in [1.165, 1.54) is 0 Å². The molecular formula is C11H9F7N2O4. The van der Waals surface area contributed by atoms with E-state index in [4.69, 9.17) is 5.21 Å². The quantitative estimate of drug-likeness (QED) is 0.549. The molecule has 6 nitrogen and oxygen atoms in total. The van der Waals surface area contributed by atoms with Gasteiger partial charge in [0.2, 0.25) is 0 Å². The lowest BCUT2D eigenvalue weighted by molar-refractivity contribution is -0.990. The summed E-state index contributed by atoms with van der Waals surface area (Å²) in [7, 11) is 1.12. The summed E-state index contributed by atoms with van der Waals surface area (Å²) in [6, 6.07) is 2.42. The van der Waals surface area contributed by atoms with Crippen molar-refractivity contribution in [2.45, 2.75) is 18.0 Å². The van der Waals surface area contributed by atoms with E-state index in [1.807, 2.05) is 0 Å². The van der Waals surface area contributed by atoms with Gasteiger partial charge in [-0.1, -0.05) is 0 Å². The van der Waals surface area contributed by atoms with E-state index >= 15 is 0 Å². The second-order valence-electron chi connectivity index (χ2n) is 4.32. The Morgan fingerprint density at radius 3 is 2.17 bits per heavy atom. The number of alkyl halides is 7. The number of carbonyl (C=O) groups is 1. The monoisotopic (exact) mass is 366 g/mol. The van der Waals surface area contributed by atoms with Gasteiger partial charge in [-0.2, -0.15) is 36.0 Å². The number of nitrogens with one attached hydrogen (secondary N) is 2. The summed E-state index contributed by atoms with van der Waals surface area (Å²) in [4.78, 5) is 11.2. The molecule has 1 rings (SSSR count). The fourth-order valence-corrected chi connectivity index (χ4v) is 1.46. The standard InChI is InChI=1S/C11H9F7N2O4/c1-24-5-2-3-6(7(4-5)20(22)23)19-8(21)9(12,13)10(14,15)11(16,17)18/h2-4,20,22H,1H3,(H,19,21). The zero-order chi connectivity index (χ0) is 18.9. The van der Waals surface area contributed by atoms with Crippen LogP contribution in [-0.4, -0.2) is 36.2 Å². The molecule has 13 heteroatoms. The van der Waals surface area contributed by atoms with Gasteiger partial charge in [0.05, 0.1) is 7.11 Å². The van der Waals surface area contributed by atoms with Crippen LogP contribution >= 0.6 is 0 Å². The summed E-state index contributed by atoms with van der Waals surface area (Å²) in [5, 5.41) is 19.1. The molecule has 0 saturated carbocycles. The van der Waals surface area contributed by atoms with Crippen molar-refractivity contribution in [3.8, 4) is 5.75 Å². The lowest BCUT2D eigenvalue weighted by Crippen LogP contribution is -2.99. The molecule has 0 aromatic heterocycles. The van der Waals surface area contributed by atoms with Crippen molar-refractivity contribution in [3.05, 3.63) is 23.4 Å². The maximum absolute atomic E-state index is 13.2. The molecule has 0 aliphatic rings. The van der Waals surface area contributed by atoms with Crippen LogP contribution in [0.3, 0.4) is 0 Å². The summed E-state index contributed by atoms with van der Waals surface area (Å²) in [6.07, 6.45) is -6.69. The Labute approximate surface area is 128 Å². The van der Waals surface area contributed by atoms with Crippen LogP contribution in [0, 0.1) is 5.21 Å². The largest absolute Gasteiger partial charge is 0.595 e. The van der Waals surface area contributed by atoms with Gasteiger partial charge >= 0.3 is 23.9 Å². The second-order valence-corrected chi connectivity index (χ2v) is 4.32. The average Bonchev–Trinajstić information content (AvgIpc) is 2.45. The Balaban J connectivity index is 3.20. The molecule has 0 aliphatic heterocycles. The summed E-state index contributed by atoms with van der Waals surface area (Å²) in [5.41, 5.74) is -1.76. The number of halogens is 7. The highest BCUT2D eigenvalue weighted by molar-refractivity contribution is 5.98. The van der Waals surface area contributed by atoms with Gasteiger partial charge in [0.1, 0.15) is 11.4 Å². The number of hydrogen-bond donors (Lipinski definition) is 3. The number of quaternary nitrogens is 1. The number of benzene rings is 1. The van der Waals surface area contributed by atoms with Crippen LogP contribution in [0.4, 0.5) is 42.1 Å². The molecule has 0 radical (unpaired) electrons. The van der Waals surface area contributed by atoms with Gasteiger partial charge in [0, 0.05) is 6.07 Å². The molecule has 0 heterocycles. The Bertz CT molecular complexity index is 619. The molecule has 0 spiro atoms. The lowest BCUT2D eigenvalue weighted by atomic mass is 10.1. The minimum Gasteiger partial charge on any atom is -0.595 e. The third-order valence-corrected chi connectivity index (χ3v) is 2.74. The van der Waals surface area contributed by atoms with E-state index in [9.17, 15) is 40.7 Å². The second kappa shape index (κ2) is 6.41. The van der Waals surface area contributed by atoms with Gasteiger partial charge in [0.15, 0.2) is 5.69 Å². The van der Waals surface area contributed by atoms with Crippen molar-refractivity contribution in [2.75, 3.05) is 12.4 Å². The number of ether oxygens (including phenoxy) is 1. The van der Waals surface area contributed by atoms with E-state index in [2.05, 4.69) is 4.74 Å². The van der Waals surface area contributed by atoms with Crippen molar-refractivity contribution in [2.24, 2.45) is 0 Å². The number of methoxy groups -OCH3 is 1. The van der Waals surface area contributed by atoms with Gasteiger partial charge in [-0.25, -0.2) is 5.21 Å². The SMILES string of the molecule is COc1ccc(NC(=O)C(F)(F)C(F)(F)C(F)(F)F)c([NH+]([O-])O)c1. The lowest BCUT2D eigenvalue weighted by Gasteiger charge is -2.27. The zero-order valence-corrected chi connectivity index (χ0v) is 11.5. The smallest absolute Gasteiger partial charge is 0.460 e. The molecule has 1 atom stereocenters. The van der Waals surface area contributed by atoms with Crippen LogP contribution in [0.25, 0.3) is 0 Å². The maximum atomic E-state index is 13.2. The number of amides is 1. The molecule has 136 valence electrons. The number of rotatable bonds is 5. The Hall–Kier alpha value is -2.12. The Morgan fingerprint density at radius 2 is 1.75 bits per heavy atom. The van der Waals surface area contributed by atoms with E-state index < -0.39 is 40.5 Å². The molecule has 0 saturated heterocycles. The summed E-state index contributed by atoms with van der Waals surface area (Å²) in [5.74, 6) is -15.9. The van der Waals surface area contributed by atoms with Crippen molar-refractivity contribution in [3.63, 3.8) is 0 Å². The van der Waals surface area contributed by atoms with Crippen LogP contribution in [0.2, 0.25) is 0 Å². The predicted octanol–water partition coefficient (Wildman–Crippen LogP) is 1.87. The molecule has 0 aliphatic carbocycles. The fourth-order valence-electron chi connectivity index (χ4n) is 1.46. The minimum absolute atomic E-state index is 0.0854. The van der Waals surface area contributed by atoms with Crippen LogP contribution in [0.15, 0.2) is 18.2 Å². The van der Waals surface area contributed by atoms with Crippen LogP contribution in [0.1, 0.15) is 0 Å². The first-order valence-electron chi connectivity index (χ1n) is 5.81. The zero-order valence-electron chi connectivity index (χ0n) is 11.5. The van der Waals surface area contributed by atoms with Crippen molar-refractivity contribution in [1.82, 2.24) is 0 Å². The van der Waals surface area contributed by atoms with E-state index in [0.717, 1.165) is 24.6 Å². The van der Waals surface area contributed by atoms with Gasteiger partial charge in [-0.05, 0) is 12.1 Å². The highest BCUT2D eigenvalue weighted by Crippen LogP contribution is 2.47. The van der Waals surface area contributed by atoms with Crippen molar-refractivity contribution >= 4 is 17.3 Å². The maximum Gasteiger partial charge on any atom is 0.460 e. The third-order valence-electron chi connectivity index (χ3n) is 2.74. The van der Waals surface area contributed by atoms with Crippen molar-refractivity contribution < 1.29 is 50.7 Å². The first kappa shape index (κ1) is 19.9. The molecule has 0 fully saturated rings. The molecule has 0 bridgehead atoms. The highest BCUT2D eigenvalue weighted by Gasteiger charge is 2.76. The fraction of sp³-hybridized carbons (Fsp3) is 0.364. The summed E-state index contributed by atoms with van der Waals surface area (Å²) >= 11 is 0. The first-order chi connectivity index (χ1) is 10.8. The van der Waals surface area contributed by atoms with Crippen LogP contribution in [-0.2, 0) is 4.79 Å². The molecule has 1 unspecified atom stereocenters. The average molecular weight is 366 g/mol. The number of hydrogen-bond acceptors (Lipinski definition) is 4. The van der Waals surface area contributed by atoms with Gasteiger partial charge in [-0.15, -0.1) is 0 Å². The van der Waals surface area contributed by atoms with Crippen LogP contribution < -0.4 is 15.3 Å². The van der Waals surface area contributed by atoms with E-state index in [-0.39, 0.29) is 5.75 Å². The molecule has 24 heavy (non-hydrogen) atoms. The van der Waals surface area contributed by atoms with Crippen molar-refractivity contribution in [1.29, 1.82) is 0 Å². The summed E-state index contributed by atoms with van der Waals surface area (Å²) in [6.45, 7) is 0. The first-order valence-corrected chi connectivity index (χ1v) is 5.81. The number of carbonyl (C=O) groups excluding carboxylic acids is 1. The minimum atomic E-state index is -6.69. The molecular weight excluding hydrogens is 357 g/mol.